The number of benzene rings is 1. The lowest BCUT2D eigenvalue weighted by molar-refractivity contribution is 0.393. The van der Waals surface area contributed by atoms with E-state index < -0.39 is 0 Å². The topological polar surface area (TPSA) is 12.0 Å². The number of aryl methyl sites for hydroxylation is 1. The Morgan fingerprint density at radius 2 is 2.00 bits per heavy atom. The quantitative estimate of drug-likeness (QED) is 0.736. The maximum Gasteiger partial charge on any atom is 0.0405 e. The average Bonchev–Trinajstić information content (AvgIpc) is 2.23. The van der Waals surface area contributed by atoms with E-state index in [1.54, 1.807) is 0 Å². The Morgan fingerprint density at radius 3 is 2.67 bits per heavy atom. The largest absolute Gasteiger partial charge is 0.384 e. The molecule has 82 valence electrons. The predicted octanol–water partition coefficient (Wildman–Crippen LogP) is 3.54. The van der Waals surface area contributed by atoms with E-state index in [4.69, 9.17) is 0 Å². The van der Waals surface area contributed by atoms with Crippen molar-refractivity contribution < 1.29 is 0 Å². The highest BCUT2D eigenvalue weighted by molar-refractivity contribution is 5.61. The first-order valence-electron chi connectivity index (χ1n) is 5.92. The van der Waals surface area contributed by atoms with E-state index in [2.05, 4.69) is 45.1 Å². The lowest BCUT2D eigenvalue weighted by atomic mass is 9.84. The highest BCUT2D eigenvalue weighted by Crippen LogP contribution is 2.32. The zero-order valence-corrected chi connectivity index (χ0v) is 10.2. The van der Waals surface area contributed by atoms with E-state index in [1.165, 1.54) is 28.8 Å². The van der Waals surface area contributed by atoms with E-state index >= 15 is 0 Å². The Bertz CT molecular complexity index is 366. The van der Waals surface area contributed by atoms with Crippen LogP contribution in [0.1, 0.15) is 30.5 Å². The van der Waals surface area contributed by atoms with Crippen molar-refractivity contribution in [3.8, 4) is 0 Å². The van der Waals surface area contributed by atoms with Crippen molar-refractivity contribution in [2.24, 2.45) is 11.8 Å². The maximum atomic E-state index is 3.60. The lowest BCUT2D eigenvalue weighted by Crippen LogP contribution is -2.27. The molecule has 1 aliphatic heterocycles. The molecule has 15 heavy (non-hydrogen) atoms. The zero-order valence-electron chi connectivity index (χ0n) is 10.2. The van der Waals surface area contributed by atoms with Crippen LogP contribution in [0.25, 0.3) is 0 Å². The summed E-state index contributed by atoms with van der Waals surface area (Å²) >= 11 is 0. The van der Waals surface area contributed by atoms with Gasteiger partial charge in [0, 0.05) is 12.2 Å². The summed E-state index contributed by atoms with van der Waals surface area (Å²) < 4.78 is 0. The zero-order chi connectivity index (χ0) is 11.0. The van der Waals surface area contributed by atoms with Gasteiger partial charge in [0.25, 0.3) is 0 Å². The molecule has 1 aromatic rings. The van der Waals surface area contributed by atoms with Crippen molar-refractivity contribution in [2.75, 3.05) is 11.9 Å². The Labute approximate surface area is 92.9 Å². The number of hydrogen-bond donors (Lipinski definition) is 1. The standard InChI is InChI=1S/C14H21N/c1-9(2)13-7-12-6-5-10(3)11(4)14(12)15-8-13/h5-6,9,13,15H,7-8H2,1-4H3. The molecule has 1 aromatic carbocycles. The maximum absolute atomic E-state index is 3.60. The normalized spacial score (nSPS) is 19.9. The van der Waals surface area contributed by atoms with Crippen LogP contribution in [0.15, 0.2) is 12.1 Å². The molecular weight excluding hydrogens is 182 g/mol. The first kappa shape index (κ1) is 10.5. The van der Waals surface area contributed by atoms with Crippen LogP contribution < -0.4 is 5.32 Å². The van der Waals surface area contributed by atoms with Gasteiger partial charge in [-0.3, -0.25) is 0 Å². The summed E-state index contributed by atoms with van der Waals surface area (Å²) in [5, 5.41) is 3.60. The summed E-state index contributed by atoms with van der Waals surface area (Å²) in [5.74, 6) is 1.56. The van der Waals surface area contributed by atoms with E-state index in [0.717, 1.165) is 18.4 Å². The minimum atomic E-state index is 0.771. The summed E-state index contributed by atoms with van der Waals surface area (Å²) in [6.07, 6.45) is 1.24. The third-order valence-corrected chi connectivity index (χ3v) is 3.79. The number of hydrogen-bond acceptors (Lipinski definition) is 1. The van der Waals surface area contributed by atoms with Gasteiger partial charge in [0.2, 0.25) is 0 Å². The molecule has 0 fully saturated rings. The molecule has 1 nitrogen and oxygen atoms in total. The summed E-state index contributed by atoms with van der Waals surface area (Å²) in [7, 11) is 0. The SMILES string of the molecule is Cc1ccc2c(c1C)NCC(C(C)C)C2. The highest BCUT2D eigenvalue weighted by atomic mass is 14.9. The van der Waals surface area contributed by atoms with Gasteiger partial charge in [0.15, 0.2) is 0 Å². The Kier molecular flexibility index (Phi) is 2.72. The van der Waals surface area contributed by atoms with E-state index in [9.17, 15) is 0 Å². The Hall–Kier alpha value is -0.980. The van der Waals surface area contributed by atoms with Crippen LogP contribution in [0, 0.1) is 25.7 Å². The third-order valence-electron chi connectivity index (χ3n) is 3.79. The highest BCUT2D eigenvalue weighted by Gasteiger charge is 2.21. The fraction of sp³-hybridized carbons (Fsp3) is 0.571. The van der Waals surface area contributed by atoms with Crippen LogP contribution in [-0.4, -0.2) is 6.54 Å². The van der Waals surface area contributed by atoms with E-state index in [1.807, 2.05) is 0 Å². The van der Waals surface area contributed by atoms with E-state index in [0.29, 0.717) is 0 Å². The fourth-order valence-electron chi connectivity index (χ4n) is 2.35. The molecule has 1 aliphatic rings. The molecule has 0 saturated heterocycles. The molecule has 2 rings (SSSR count). The van der Waals surface area contributed by atoms with Crippen LogP contribution >= 0.6 is 0 Å². The first-order valence-corrected chi connectivity index (χ1v) is 5.92. The molecule has 0 aliphatic carbocycles. The molecule has 0 spiro atoms. The summed E-state index contributed by atoms with van der Waals surface area (Å²) in [6, 6.07) is 4.54. The molecule has 1 heterocycles. The third kappa shape index (κ3) is 1.88. The van der Waals surface area contributed by atoms with Crippen LogP contribution in [0.2, 0.25) is 0 Å². The van der Waals surface area contributed by atoms with Crippen LogP contribution in [0.5, 0.6) is 0 Å². The van der Waals surface area contributed by atoms with Gasteiger partial charge >= 0.3 is 0 Å². The second kappa shape index (κ2) is 3.88. The monoisotopic (exact) mass is 203 g/mol. The molecule has 1 atom stereocenters. The molecule has 0 radical (unpaired) electrons. The van der Waals surface area contributed by atoms with Crippen molar-refractivity contribution in [1.82, 2.24) is 0 Å². The molecule has 1 unspecified atom stereocenters. The minimum Gasteiger partial charge on any atom is -0.384 e. The van der Waals surface area contributed by atoms with Crippen LogP contribution in [0.4, 0.5) is 5.69 Å². The average molecular weight is 203 g/mol. The van der Waals surface area contributed by atoms with Crippen molar-refractivity contribution in [3.05, 3.63) is 28.8 Å². The van der Waals surface area contributed by atoms with Gasteiger partial charge in [-0.1, -0.05) is 26.0 Å². The van der Waals surface area contributed by atoms with Crippen LogP contribution in [-0.2, 0) is 6.42 Å². The number of anilines is 1. The van der Waals surface area contributed by atoms with Gasteiger partial charge in [-0.2, -0.15) is 0 Å². The molecule has 1 N–H and O–H groups in total. The minimum absolute atomic E-state index is 0.771. The van der Waals surface area contributed by atoms with Gasteiger partial charge in [0.1, 0.15) is 0 Å². The molecule has 1 heteroatoms. The number of fused-ring (bicyclic) bond motifs is 1. The molecular formula is C14H21N. The van der Waals surface area contributed by atoms with E-state index in [-0.39, 0.29) is 0 Å². The van der Waals surface area contributed by atoms with Gasteiger partial charge < -0.3 is 5.32 Å². The van der Waals surface area contributed by atoms with Gasteiger partial charge in [0.05, 0.1) is 0 Å². The van der Waals surface area contributed by atoms with Crippen molar-refractivity contribution in [1.29, 1.82) is 0 Å². The summed E-state index contributed by atoms with van der Waals surface area (Å²) in [4.78, 5) is 0. The second-order valence-corrected chi connectivity index (χ2v) is 5.13. The van der Waals surface area contributed by atoms with Gasteiger partial charge in [-0.15, -0.1) is 0 Å². The second-order valence-electron chi connectivity index (χ2n) is 5.13. The Balaban J connectivity index is 2.32. The number of rotatable bonds is 1. The van der Waals surface area contributed by atoms with Gasteiger partial charge in [-0.05, 0) is 48.8 Å². The van der Waals surface area contributed by atoms with Crippen LogP contribution in [0.3, 0.4) is 0 Å². The summed E-state index contributed by atoms with van der Waals surface area (Å²) in [6.45, 7) is 10.2. The lowest BCUT2D eigenvalue weighted by Gasteiger charge is -2.30. The first-order chi connectivity index (χ1) is 7.09. The van der Waals surface area contributed by atoms with Gasteiger partial charge in [-0.25, -0.2) is 0 Å². The molecule has 0 aromatic heterocycles. The summed E-state index contributed by atoms with van der Waals surface area (Å²) in [5.41, 5.74) is 5.72. The predicted molar refractivity (Wildman–Crippen MR) is 66.4 cm³/mol. The Morgan fingerprint density at radius 1 is 1.27 bits per heavy atom. The molecule has 0 bridgehead atoms. The smallest absolute Gasteiger partial charge is 0.0405 e. The van der Waals surface area contributed by atoms with Crippen molar-refractivity contribution in [3.63, 3.8) is 0 Å². The molecule has 0 saturated carbocycles. The van der Waals surface area contributed by atoms with Crippen molar-refractivity contribution >= 4 is 5.69 Å². The van der Waals surface area contributed by atoms with Crippen molar-refractivity contribution in [2.45, 2.75) is 34.1 Å². The molecule has 0 amide bonds. The fourth-order valence-corrected chi connectivity index (χ4v) is 2.35. The number of nitrogens with one attached hydrogen (secondary N) is 1.